The van der Waals surface area contributed by atoms with Gasteiger partial charge in [0.2, 0.25) is 0 Å². The molecule has 2 nitrogen and oxygen atoms in total. The number of rotatable bonds is 12. The van der Waals surface area contributed by atoms with Crippen LogP contribution in [0.3, 0.4) is 0 Å². The molecule has 0 spiro atoms. The van der Waals surface area contributed by atoms with Crippen LogP contribution in [0.15, 0.2) is 12.1 Å². The molecule has 146 valence electrons. The van der Waals surface area contributed by atoms with E-state index in [2.05, 4.69) is 13.8 Å². The Morgan fingerprint density at radius 2 is 1.27 bits per heavy atom. The minimum atomic E-state index is 0.266. The van der Waals surface area contributed by atoms with Crippen LogP contribution in [0.1, 0.15) is 102 Å². The molecule has 0 heterocycles. The maximum Gasteiger partial charge on any atom is 0.125 e. The van der Waals surface area contributed by atoms with Gasteiger partial charge in [-0.15, -0.1) is 0 Å². The minimum Gasteiger partial charge on any atom is -0.508 e. The van der Waals surface area contributed by atoms with Crippen molar-refractivity contribution < 1.29 is 10.2 Å². The van der Waals surface area contributed by atoms with Crippen LogP contribution in [0.25, 0.3) is 0 Å². The molecule has 0 aromatic heterocycles. The third-order valence-corrected chi connectivity index (χ3v) is 6.98. The minimum absolute atomic E-state index is 0.266. The fourth-order valence-electron chi connectivity index (χ4n) is 4.12. The molecule has 26 heavy (non-hydrogen) atoms. The summed E-state index contributed by atoms with van der Waals surface area (Å²) in [6, 6.07) is 3.68. The standard InChI is InChI=1S/C24H38O2/c1-23(15-16-23)13-7-4-3-5-10-20-21(25)12-11-19(22(20)26)9-6-8-14-24(2)17-18-24/h11-12,25-26H,3-10,13-18H2,1-2H3. The number of aryl methyl sites for hydroxylation is 1. The van der Waals surface area contributed by atoms with Crippen LogP contribution < -0.4 is 0 Å². The zero-order valence-electron chi connectivity index (χ0n) is 16.9. The molecular weight excluding hydrogens is 320 g/mol. The zero-order valence-corrected chi connectivity index (χ0v) is 16.9. The highest BCUT2D eigenvalue weighted by Gasteiger charge is 2.36. The van der Waals surface area contributed by atoms with Gasteiger partial charge in [-0.25, -0.2) is 0 Å². The fraction of sp³-hybridized carbons (Fsp3) is 0.750. The molecule has 0 amide bonds. The monoisotopic (exact) mass is 358 g/mol. The Bertz CT molecular complexity index is 596. The van der Waals surface area contributed by atoms with Gasteiger partial charge < -0.3 is 10.2 Å². The summed E-state index contributed by atoms with van der Waals surface area (Å²) in [4.78, 5) is 0. The lowest BCUT2D eigenvalue weighted by molar-refractivity contribution is 0.427. The van der Waals surface area contributed by atoms with Crippen molar-refractivity contribution in [2.45, 2.75) is 104 Å². The van der Waals surface area contributed by atoms with Crippen LogP contribution in [0, 0.1) is 10.8 Å². The Balaban J connectivity index is 1.39. The number of phenols is 2. The van der Waals surface area contributed by atoms with Crippen LogP contribution in [0.4, 0.5) is 0 Å². The zero-order chi connectivity index (χ0) is 18.6. The number of hydrogen-bond donors (Lipinski definition) is 2. The molecule has 3 rings (SSSR count). The number of unbranched alkanes of at least 4 members (excludes halogenated alkanes) is 4. The first kappa shape index (κ1) is 19.6. The number of benzene rings is 1. The molecule has 0 bridgehead atoms. The summed E-state index contributed by atoms with van der Waals surface area (Å²) in [5, 5.41) is 20.8. The molecule has 0 aliphatic heterocycles. The highest BCUT2D eigenvalue weighted by Crippen LogP contribution is 2.49. The Morgan fingerprint density at radius 1 is 0.731 bits per heavy atom. The van der Waals surface area contributed by atoms with E-state index in [1.54, 1.807) is 6.07 Å². The Labute approximate surface area is 160 Å². The summed E-state index contributed by atoms with van der Waals surface area (Å²) in [7, 11) is 0. The van der Waals surface area contributed by atoms with E-state index >= 15 is 0 Å². The lowest BCUT2D eigenvalue weighted by atomic mass is 9.95. The van der Waals surface area contributed by atoms with Crippen molar-refractivity contribution in [1.82, 2.24) is 0 Å². The molecule has 2 heteroatoms. The molecule has 0 atom stereocenters. The van der Waals surface area contributed by atoms with Crippen molar-refractivity contribution in [3.63, 3.8) is 0 Å². The van der Waals surface area contributed by atoms with Crippen LogP contribution in [0.2, 0.25) is 0 Å². The predicted molar refractivity (Wildman–Crippen MR) is 109 cm³/mol. The number of hydrogen-bond acceptors (Lipinski definition) is 2. The molecule has 0 radical (unpaired) electrons. The van der Waals surface area contributed by atoms with Gasteiger partial charge in [0, 0.05) is 5.56 Å². The van der Waals surface area contributed by atoms with Crippen LogP contribution >= 0.6 is 0 Å². The molecule has 2 aliphatic rings. The molecule has 1 aromatic carbocycles. The molecule has 0 unspecified atom stereocenters. The molecule has 0 saturated heterocycles. The average molecular weight is 359 g/mol. The van der Waals surface area contributed by atoms with E-state index < -0.39 is 0 Å². The van der Waals surface area contributed by atoms with Crippen LogP contribution in [-0.2, 0) is 12.8 Å². The summed E-state index contributed by atoms with van der Waals surface area (Å²) in [5.74, 6) is 0.621. The second-order valence-corrected chi connectivity index (χ2v) is 9.81. The second-order valence-electron chi connectivity index (χ2n) is 9.81. The molecule has 1 aromatic rings. The third-order valence-electron chi connectivity index (χ3n) is 6.98. The molecule has 2 aliphatic carbocycles. The largest absolute Gasteiger partial charge is 0.508 e. The predicted octanol–water partition coefficient (Wildman–Crippen LogP) is 6.90. The lowest BCUT2D eigenvalue weighted by Gasteiger charge is -2.13. The number of aromatic hydroxyl groups is 2. The van der Waals surface area contributed by atoms with Crippen LogP contribution in [-0.4, -0.2) is 10.2 Å². The Kier molecular flexibility index (Phi) is 6.20. The van der Waals surface area contributed by atoms with Gasteiger partial charge in [-0.3, -0.25) is 0 Å². The maximum absolute atomic E-state index is 10.6. The van der Waals surface area contributed by atoms with Crippen molar-refractivity contribution in [3.8, 4) is 11.5 Å². The van der Waals surface area contributed by atoms with E-state index in [1.165, 1.54) is 64.2 Å². The van der Waals surface area contributed by atoms with Gasteiger partial charge in [0.1, 0.15) is 11.5 Å². The highest BCUT2D eigenvalue weighted by atomic mass is 16.3. The van der Waals surface area contributed by atoms with Crippen molar-refractivity contribution >= 4 is 0 Å². The third kappa shape index (κ3) is 5.66. The highest BCUT2D eigenvalue weighted by molar-refractivity contribution is 5.48. The van der Waals surface area contributed by atoms with Crippen molar-refractivity contribution in [2.75, 3.05) is 0 Å². The van der Waals surface area contributed by atoms with Gasteiger partial charge in [0.05, 0.1) is 0 Å². The summed E-state index contributed by atoms with van der Waals surface area (Å²) in [5.41, 5.74) is 3.08. The lowest BCUT2D eigenvalue weighted by Crippen LogP contribution is -1.96. The first-order chi connectivity index (χ1) is 12.4. The fourth-order valence-corrected chi connectivity index (χ4v) is 4.12. The van der Waals surface area contributed by atoms with E-state index in [0.29, 0.717) is 16.6 Å². The van der Waals surface area contributed by atoms with Crippen LogP contribution in [0.5, 0.6) is 11.5 Å². The van der Waals surface area contributed by atoms with Crippen molar-refractivity contribution in [2.24, 2.45) is 10.8 Å². The van der Waals surface area contributed by atoms with E-state index in [1.807, 2.05) is 6.07 Å². The van der Waals surface area contributed by atoms with E-state index in [-0.39, 0.29) is 5.75 Å². The van der Waals surface area contributed by atoms with Gasteiger partial charge in [-0.05, 0) is 86.7 Å². The van der Waals surface area contributed by atoms with Gasteiger partial charge in [0.15, 0.2) is 0 Å². The van der Waals surface area contributed by atoms with Crippen molar-refractivity contribution in [3.05, 3.63) is 23.3 Å². The molecule has 2 fully saturated rings. The second kappa shape index (κ2) is 8.23. The number of phenolic OH excluding ortho intramolecular Hbond substituents is 2. The average Bonchev–Trinajstić information content (AvgIpc) is 3.52. The Hall–Kier alpha value is -1.18. The molecule has 2 N–H and O–H groups in total. The smallest absolute Gasteiger partial charge is 0.125 e. The van der Waals surface area contributed by atoms with Crippen molar-refractivity contribution in [1.29, 1.82) is 0 Å². The molecule has 2 saturated carbocycles. The van der Waals surface area contributed by atoms with E-state index in [0.717, 1.165) is 36.8 Å². The van der Waals surface area contributed by atoms with E-state index in [4.69, 9.17) is 0 Å². The topological polar surface area (TPSA) is 40.5 Å². The maximum atomic E-state index is 10.6. The first-order valence-corrected chi connectivity index (χ1v) is 10.9. The summed E-state index contributed by atoms with van der Waals surface area (Å²) in [6.07, 6.45) is 17.2. The van der Waals surface area contributed by atoms with Gasteiger partial charge in [-0.1, -0.05) is 45.6 Å². The summed E-state index contributed by atoms with van der Waals surface area (Å²) in [6.45, 7) is 4.79. The SMILES string of the molecule is CC1(CCCCCCc2c(O)ccc(CCCCC3(C)CC3)c2O)CC1. The summed E-state index contributed by atoms with van der Waals surface area (Å²) >= 11 is 0. The van der Waals surface area contributed by atoms with Gasteiger partial charge in [0.25, 0.3) is 0 Å². The van der Waals surface area contributed by atoms with Gasteiger partial charge in [-0.2, -0.15) is 0 Å². The molecular formula is C24H38O2. The summed E-state index contributed by atoms with van der Waals surface area (Å²) < 4.78 is 0. The van der Waals surface area contributed by atoms with Gasteiger partial charge >= 0.3 is 0 Å². The quantitative estimate of drug-likeness (QED) is 0.399. The first-order valence-electron chi connectivity index (χ1n) is 10.9. The normalized spacial score (nSPS) is 19.5. The Morgan fingerprint density at radius 3 is 1.88 bits per heavy atom. The van der Waals surface area contributed by atoms with E-state index in [9.17, 15) is 10.2 Å².